The average Bonchev–Trinajstić information content (AvgIpc) is 2.97. The molecule has 0 atom stereocenters. The fraction of sp³-hybridized carbons (Fsp3) is 0.467. The van der Waals surface area contributed by atoms with Crippen molar-refractivity contribution in [1.29, 1.82) is 0 Å². The van der Waals surface area contributed by atoms with Crippen molar-refractivity contribution in [2.45, 2.75) is 19.1 Å². The molecule has 1 aromatic heterocycles. The number of benzene rings is 1. The Kier molecular flexibility index (Phi) is 6.56. The molecule has 0 amide bonds. The highest BCUT2D eigenvalue weighted by Crippen LogP contribution is 2.22. The average molecular weight is 308 g/mol. The van der Waals surface area contributed by atoms with Crippen LogP contribution in [0.4, 0.5) is 0 Å². The number of ether oxygens (including phenoxy) is 2. The van der Waals surface area contributed by atoms with Crippen LogP contribution in [0.15, 0.2) is 28.7 Å². The minimum atomic E-state index is 0.547. The molecular weight excluding hydrogens is 288 g/mol. The number of hydrogen-bond donors (Lipinski definition) is 0. The summed E-state index contributed by atoms with van der Waals surface area (Å²) in [5, 5.41) is 8.15. The van der Waals surface area contributed by atoms with Crippen LogP contribution in [0.2, 0.25) is 0 Å². The standard InChI is InChI=1S/C15H20N2O3S/c1-3-19-13-7-5-12(6-8-13)15-17-16-14(20-15)11-21-10-4-9-18-2/h5-8H,3-4,9-11H2,1-2H3. The molecule has 2 aromatic rings. The van der Waals surface area contributed by atoms with Gasteiger partial charge in [0.05, 0.1) is 12.4 Å². The van der Waals surface area contributed by atoms with E-state index in [1.54, 1.807) is 18.9 Å². The lowest BCUT2D eigenvalue weighted by Gasteiger charge is -2.02. The topological polar surface area (TPSA) is 57.4 Å². The van der Waals surface area contributed by atoms with Crippen molar-refractivity contribution >= 4 is 11.8 Å². The van der Waals surface area contributed by atoms with Crippen LogP contribution in [-0.4, -0.2) is 36.3 Å². The van der Waals surface area contributed by atoms with Crippen LogP contribution in [0.1, 0.15) is 19.2 Å². The summed E-state index contributed by atoms with van der Waals surface area (Å²) >= 11 is 1.77. The monoisotopic (exact) mass is 308 g/mol. The van der Waals surface area contributed by atoms with E-state index in [1.165, 1.54) is 0 Å². The molecule has 5 nitrogen and oxygen atoms in total. The minimum Gasteiger partial charge on any atom is -0.494 e. The van der Waals surface area contributed by atoms with Gasteiger partial charge in [-0.2, -0.15) is 11.8 Å². The van der Waals surface area contributed by atoms with Crippen LogP contribution < -0.4 is 4.74 Å². The molecule has 114 valence electrons. The minimum absolute atomic E-state index is 0.547. The van der Waals surface area contributed by atoms with Gasteiger partial charge in [0, 0.05) is 19.3 Å². The summed E-state index contributed by atoms with van der Waals surface area (Å²) in [6, 6.07) is 7.66. The predicted molar refractivity (Wildman–Crippen MR) is 83.6 cm³/mol. The van der Waals surface area contributed by atoms with Crippen molar-refractivity contribution in [3.05, 3.63) is 30.2 Å². The van der Waals surface area contributed by atoms with Gasteiger partial charge in [-0.25, -0.2) is 0 Å². The van der Waals surface area contributed by atoms with Crippen molar-refractivity contribution in [2.24, 2.45) is 0 Å². The maximum Gasteiger partial charge on any atom is 0.247 e. The lowest BCUT2D eigenvalue weighted by molar-refractivity contribution is 0.200. The van der Waals surface area contributed by atoms with Crippen molar-refractivity contribution in [3.63, 3.8) is 0 Å². The maximum atomic E-state index is 5.66. The number of methoxy groups -OCH3 is 1. The van der Waals surface area contributed by atoms with Crippen molar-refractivity contribution < 1.29 is 13.9 Å². The molecule has 2 rings (SSSR count). The first-order chi connectivity index (χ1) is 10.3. The van der Waals surface area contributed by atoms with Gasteiger partial charge in [-0.1, -0.05) is 0 Å². The molecule has 1 aromatic carbocycles. The molecule has 0 aliphatic rings. The summed E-state index contributed by atoms with van der Waals surface area (Å²) in [7, 11) is 1.71. The fourth-order valence-electron chi connectivity index (χ4n) is 1.75. The van der Waals surface area contributed by atoms with Crippen molar-refractivity contribution in [2.75, 3.05) is 26.1 Å². The first kappa shape index (κ1) is 15.9. The van der Waals surface area contributed by atoms with Crippen molar-refractivity contribution in [1.82, 2.24) is 10.2 Å². The van der Waals surface area contributed by atoms with Crippen LogP contribution in [-0.2, 0) is 10.5 Å². The molecule has 0 radical (unpaired) electrons. The zero-order valence-corrected chi connectivity index (χ0v) is 13.2. The second kappa shape index (κ2) is 8.69. The largest absolute Gasteiger partial charge is 0.494 e. The first-order valence-corrected chi connectivity index (χ1v) is 8.11. The van der Waals surface area contributed by atoms with Gasteiger partial charge < -0.3 is 13.9 Å². The predicted octanol–water partition coefficient (Wildman–Crippen LogP) is 3.41. The van der Waals surface area contributed by atoms with Crippen LogP contribution in [0, 0.1) is 0 Å². The Bertz CT molecular complexity index is 528. The fourth-order valence-corrected chi connectivity index (χ4v) is 2.51. The summed E-state index contributed by atoms with van der Waals surface area (Å²) in [4.78, 5) is 0. The highest BCUT2D eigenvalue weighted by Gasteiger charge is 2.08. The third-order valence-corrected chi connectivity index (χ3v) is 3.77. The van der Waals surface area contributed by atoms with Gasteiger partial charge in [-0.05, 0) is 43.4 Å². The molecule has 21 heavy (non-hydrogen) atoms. The molecule has 0 aliphatic carbocycles. The van der Waals surface area contributed by atoms with Crippen molar-refractivity contribution in [3.8, 4) is 17.2 Å². The highest BCUT2D eigenvalue weighted by molar-refractivity contribution is 7.98. The normalized spacial score (nSPS) is 10.8. The third kappa shape index (κ3) is 5.06. The molecule has 6 heteroatoms. The van der Waals surface area contributed by atoms with Crippen LogP contribution in [0.5, 0.6) is 5.75 Å². The van der Waals surface area contributed by atoms with Gasteiger partial charge in [-0.15, -0.1) is 10.2 Å². The third-order valence-electron chi connectivity index (χ3n) is 2.74. The Hall–Kier alpha value is -1.53. The number of aromatic nitrogens is 2. The van der Waals surface area contributed by atoms with Gasteiger partial charge in [-0.3, -0.25) is 0 Å². The molecule has 0 aliphatic heterocycles. The molecule has 0 saturated carbocycles. The zero-order valence-electron chi connectivity index (χ0n) is 12.4. The van der Waals surface area contributed by atoms with E-state index in [-0.39, 0.29) is 0 Å². The summed E-state index contributed by atoms with van der Waals surface area (Å²) in [5.41, 5.74) is 0.904. The van der Waals surface area contributed by atoms with E-state index < -0.39 is 0 Å². The summed E-state index contributed by atoms with van der Waals surface area (Å²) < 4.78 is 16.1. The Morgan fingerprint density at radius 3 is 2.71 bits per heavy atom. The van der Waals surface area contributed by atoms with E-state index in [0.29, 0.717) is 18.4 Å². The second-order valence-electron chi connectivity index (χ2n) is 4.36. The Balaban J connectivity index is 1.87. The lowest BCUT2D eigenvalue weighted by atomic mass is 10.2. The molecule has 0 N–H and O–H groups in total. The SMILES string of the molecule is CCOc1ccc(-c2nnc(CSCCCOC)o2)cc1. The van der Waals surface area contributed by atoms with E-state index in [1.807, 2.05) is 31.2 Å². The van der Waals surface area contributed by atoms with Gasteiger partial charge in [0.2, 0.25) is 11.8 Å². The molecule has 0 spiro atoms. The van der Waals surface area contributed by atoms with E-state index in [4.69, 9.17) is 13.9 Å². The number of rotatable bonds is 9. The quantitative estimate of drug-likeness (QED) is 0.662. The van der Waals surface area contributed by atoms with Gasteiger partial charge in [0.25, 0.3) is 0 Å². The van der Waals surface area contributed by atoms with E-state index in [0.717, 1.165) is 35.8 Å². The van der Waals surface area contributed by atoms with Crippen LogP contribution in [0.25, 0.3) is 11.5 Å². The lowest BCUT2D eigenvalue weighted by Crippen LogP contribution is -1.91. The molecule has 0 fully saturated rings. The summed E-state index contributed by atoms with van der Waals surface area (Å²) in [6.07, 6.45) is 1.03. The Morgan fingerprint density at radius 2 is 2.00 bits per heavy atom. The molecule has 1 heterocycles. The van der Waals surface area contributed by atoms with Gasteiger partial charge in [0.15, 0.2) is 0 Å². The van der Waals surface area contributed by atoms with E-state index in [9.17, 15) is 0 Å². The maximum absolute atomic E-state index is 5.66. The summed E-state index contributed by atoms with van der Waals surface area (Å²) in [6.45, 7) is 3.40. The molecule has 0 saturated heterocycles. The van der Waals surface area contributed by atoms with Crippen LogP contribution >= 0.6 is 11.8 Å². The number of nitrogens with zero attached hydrogens (tertiary/aromatic N) is 2. The summed E-state index contributed by atoms with van der Waals surface area (Å²) in [5.74, 6) is 3.80. The smallest absolute Gasteiger partial charge is 0.247 e. The van der Waals surface area contributed by atoms with Gasteiger partial charge in [0.1, 0.15) is 5.75 Å². The number of hydrogen-bond acceptors (Lipinski definition) is 6. The number of thioether (sulfide) groups is 1. The zero-order chi connectivity index (χ0) is 14.9. The Labute approximate surface area is 129 Å². The van der Waals surface area contributed by atoms with Crippen LogP contribution in [0.3, 0.4) is 0 Å². The highest BCUT2D eigenvalue weighted by atomic mass is 32.2. The van der Waals surface area contributed by atoms with E-state index in [2.05, 4.69) is 10.2 Å². The molecule has 0 bridgehead atoms. The van der Waals surface area contributed by atoms with E-state index >= 15 is 0 Å². The first-order valence-electron chi connectivity index (χ1n) is 6.95. The second-order valence-corrected chi connectivity index (χ2v) is 5.46. The molecular formula is C15H20N2O3S. The van der Waals surface area contributed by atoms with Gasteiger partial charge >= 0.3 is 0 Å². The molecule has 0 unspecified atom stereocenters. The Morgan fingerprint density at radius 1 is 1.19 bits per heavy atom.